The summed E-state index contributed by atoms with van der Waals surface area (Å²) in [6.45, 7) is 3.75. The van der Waals surface area contributed by atoms with Crippen LogP contribution < -0.4 is 10.6 Å². The molecule has 1 atom stereocenters. The van der Waals surface area contributed by atoms with E-state index in [-0.39, 0.29) is 30.5 Å². The summed E-state index contributed by atoms with van der Waals surface area (Å²) in [6, 6.07) is 7.42. The number of nitrogens with zero attached hydrogens (tertiary/aromatic N) is 1. The van der Waals surface area contributed by atoms with E-state index in [1.807, 2.05) is 25.1 Å². The Hall–Kier alpha value is -0.770. The highest BCUT2D eigenvalue weighted by Gasteiger charge is 2.10. The highest BCUT2D eigenvalue weighted by Crippen LogP contribution is 2.26. The van der Waals surface area contributed by atoms with Crippen LogP contribution in [0.3, 0.4) is 0 Å². The number of aliphatic hydroxyl groups excluding tert-OH is 1. The molecular formula is C15H21ClIN3O2S. The SMILES string of the molecule is CCNC(=NCC(O)c1ccc(Cl)s1)NCCc1ccco1.I. The molecule has 5 nitrogen and oxygen atoms in total. The van der Waals surface area contributed by atoms with E-state index >= 15 is 0 Å². The number of thiophene rings is 1. The number of aliphatic imine (C=N–C) groups is 1. The fourth-order valence-electron chi connectivity index (χ4n) is 1.88. The van der Waals surface area contributed by atoms with E-state index < -0.39 is 6.10 Å². The van der Waals surface area contributed by atoms with Crippen LogP contribution in [0.25, 0.3) is 0 Å². The molecular weight excluding hydrogens is 449 g/mol. The molecule has 0 fully saturated rings. The van der Waals surface area contributed by atoms with Crippen LogP contribution in [0.15, 0.2) is 39.9 Å². The second kappa shape index (κ2) is 10.9. The molecule has 8 heteroatoms. The number of halogens is 2. The van der Waals surface area contributed by atoms with Crippen LogP contribution in [-0.4, -0.2) is 30.7 Å². The molecule has 0 saturated carbocycles. The molecule has 128 valence electrons. The molecule has 0 aliphatic rings. The Labute approximate surface area is 162 Å². The zero-order valence-corrected chi connectivity index (χ0v) is 16.7. The van der Waals surface area contributed by atoms with Crippen LogP contribution in [0.4, 0.5) is 0 Å². The van der Waals surface area contributed by atoms with Gasteiger partial charge in [0.2, 0.25) is 0 Å². The number of furan rings is 1. The summed E-state index contributed by atoms with van der Waals surface area (Å²) in [5, 5.41) is 16.5. The third kappa shape index (κ3) is 7.11. The average Bonchev–Trinajstić information content (AvgIpc) is 3.16. The van der Waals surface area contributed by atoms with E-state index in [4.69, 9.17) is 16.0 Å². The fourth-order valence-corrected chi connectivity index (χ4v) is 2.91. The minimum absolute atomic E-state index is 0. The number of nitrogens with one attached hydrogen (secondary N) is 2. The zero-order chi connectivity index (χ0) is 15.8. The van der Waals surface area contributed by atoms with E-state index in [0.717, 1.165) is 23.6 Å². The first-order valence-corrected chi connectivity index (χ1v) is 8.36. The summed E-state index contributed by atoms with van der Waals surface area (Å²) in [5.41, 5.74) is 0. The highest BCUT2D eigenvalue weighted by atomic mass is 127. The normalized spacial score (nSPS) is 12.6. The van der Waals surface area contributed by atoms with E-state index in [9.17, 15) is 5.11 Å². The predicted molar refractivity (Wildman–Crippen MR) is 106 cm³/mol. The lowest BCUT2D eigenvalue weighted by atomic mass is 10.3. The summed E-state index contributed by atoms with van der Waals surface area (Å²) < 4.78 is 5.95. The molecule has 2 rings (SSSR count). The number of rotatable bonds is 7. The van der Waals surface area contributed by atoms with Crippen LogP contribution in [0.2, 0.25) is 4.34 Å². The van der Waals surface area contributed by atoms with Gasteiger partial charge in [-0.2, -0.15) is 0 Å². The molecule has 0 amide bonds. The first kappa shape index (κ1) is 20.3. The van der Waals surface area contributed by atoms with Crippen LogP contribution >= 0.6 is 46.9 Å². The van der Waals surface area contributed by atoms with Gasteiger partial charge in [-0.25, -0.2) is 0 Å². The van der Waals surface area contributed by atoms with Crippen LogP contribution in [0.1, 0.15) is 23.7 Å². The smallest absolute Gasteiger partial charge is 0.191 e. The molecule has 0 aliphatic carbocycles. The monoisotopic (exact) mass is 469 g/mol. The molecule has 0 saturated heterocycles. The molecule has 2 heterocycles. The standard InChI is InChI=1S/C15H20ClN3O2S.HI/c1-2-17-15(18-8-7-11-4-3-9-21-11)19-10-12(20)13-5-6-14(16)22-13;/h3-6,9,12,20H,2,7-8,10H2,1H3,(H2,17,18,19);1H. The van der Waals surface area contributed by atoms with Gasteiger partial charge >= 0.3 is 0 Å². The number of hydrogen-bond donors (Lipinski definition) is 3. The first-order valence-electron chi connectivity index (χ1n) is 7.17. The van der Waals surface area contributed by atoms with Crippen LogP contribution in [-0.2, 0) is 6.42 Å². The molecule has 0 spiro atoms. The van der Waals surface area contributed by atoms with Crippen molar-refractivity contribution in [2.45, 2.75) is 19.4 Å². The molecule has 0 radical (unpaired) electrons. The molecule has 1 unspecified atom stereocenters. The second-order valence-corrected chi connectivity index (χ2v) is 6.38. The Balaban J connectivity index is 0.00000264. The van der Waals surface area contributed by atoms with Crippen LogP contribution in [0.5, 0.6) is 0 Å². The van der Waals surface area contributed by atoms with Gasteiger partial charge in [0.05, 0.1) is 17.1 Å². The van der Waals surface area contributed by atoms with Gasteiger partial charge in [-0.1, -0.05) is 11.6 Å². The Bertz CT molecular complexity index is 589. The van der Waals surface area contributed by atoms with Gasteiger partial charge in [0.25, 0.3) is 0 Å². The van der Waals surface area contributed by atoms with E-state index in [0.29, 0.717) is 16.8 Å². The maximum atomic E-state index is 10.1. The Morgan fingerprint density at radius 3 is 2.83 bits per heavy atom. The number of aliphatic hydroxyl groups is 1. The van der Waals surface area contributed by atoms with E-state index in [1.165, 1.54) is 11.3 Å². The predicted octanol–water partition coefficient (Wildman–Crippen LogP) is 3.44. The minimum atomic E-state index is -0.641. The molecule has 3 N–H and O–H groups in total. The maximum absolute atomic E-state index is 10.1. The molecule has 0 bridgehead atoms. The van der Waals surface area contributed by atoms with E-state index in [2.05, 4.69) is 15.6 Å². The van der Waals surface area contributed by atoms with Gasteiger partial charge < -0.3 is 20.2 Å². The third-order valence-electron chi connectivity index (χ3n) is 2.93. The maximum Gasteiger partial charge on any atom is 0.191 e. The molecule has 0 aromatic carbocycles. The van der Waals surface area contributed by atoms with Crippen molar-refractivity contribution in [1.29, 1.82) is 0 Å². The third-order valence-corrected chi connectivity index (χ3v) is 4.27. The van der Waals surface area contributed by atoms with E-state index in [1.54, 1.807) is 12.3 Å². The van der Waals surface area contributed by atoms with Crippen molar-refractivity contribution in [3.8, 4) is 0 Å². The minimum Gasteiger partial charge on any atom is -0.469 e. The van der Waals surface area contributed by atoms with Gasteiger partial charge in [0, 0.05) is 24.4 Å². The molecule has 2 aromatic rings. The van der Waals surface area contributed by atoms with Crippen molar-refractivity contribution in [3.63, 3.8) is 0 Å². The van der Waals surface area contributed by atoms with Crippen molar-refractivity contribution in [2.24, 2.45) is 4.99 Å². The first-order chi connectivity index (χ1) is 10.7. The Morgan fingerprint density at radius 1 is 1.39 bits per heavy atom. The highest BCUT2D eigenvalue weighted by molar-refractivity contribution is 14.0. The Kier molecular flexibility index (Phi) is 9.61. The lowest BCUT2D eigenvalue weighted by Gasteiger charge is -2.12. The fraction of sp³-hybridized carbons (Fsp3) is 0.400. The zero-order valence-electron chi connectivity index (χ0n) is 12.8. The molecule has 23 heavy (non-hydrogen) atoms. The molecule has 0 aliphatic heterocycles. The summed E-state index contributed by atoms with van der Waals surface area (Å²) in [5.74, 6) is 1.60. The van der Waals surface area contributed by atoms with Crippen molar-refractivity contribution >= 4 is 52.9 Å². The number of guanidine groups is 1. The summed E-state index contributed by atoms with van der Waals surface area (Å²) in [7, 11) is 0. The summed E-state index contributed by atoms with van der Waals surface area (Å²) in [6.07, 6.45) is 1.80. The van der Waals surface area contributed by atoms with Crippen molar-refractivity contribution in [1.82, 2.24) is 10.6 Å². The summed E-state index contributed by atoms with van der Waals surface area (Å²) >= 11 is 7.24. The molecule has 2 aromatic heterocycles. The van der Waals surface area contributed by atoms with Gasteiger partial charge in [0.15, 0.2) is 5.96 Å². The van der Waals surface area contributed by atoms with Gasteiger partial charge in [-0.3, -0.25) is 4.99 Å². The number of hydrogen-bond acceptors (Lipinski definition) is 4. The summed E-state index contributed by atoms with van der Waals surface area (Å²) in [4.78, 5) is 5.21. The van der Waals surface area contributed by atoms with Crippen molar-refractivity contribution in [3.05, 3.63) is 45.5 Å². The lowest BCUT2D eigenvalue weighted by molar-refractivity contribution is 0.191. The van der Waals surface area contributed by atoms with Crippen molar-refractivity contribution < 1.29 is 9.52 Å². The van der Waals surface area contributed by atoms with Crippen molar-refractivity contribution in [2.75, 3.05) is 19.6 Å². The quantitative estimate of drug-likeness (QED) is 0.330. The second-order valence-electron chi connectivity index (χ2n) is 4.63. The average molecular weight is 470 g/mol. The van der Waals surface area contributed by atoms with Gasteiger partial charge in [-0.05, 0) is 31.2 Å². The lowest BCUT2D eigenvalue weighted by Crippen LogP contribution is -2.38. The Morgan fingerprint density at radius 2 is 2.22 bits per heavy atom. The van der Waals surface area contributed by atoms with Gasteiger partial charge in [-0.15, -0.1) is 35.3 Å². The van der Waals surface area contributed by atoms with Gasteiger partial charge in [0.1, 0.15) is 11.9 Å². The van der Waals surface area contributed by atoms with Crippen LogP contribution in [0, 0.1) is 0 Å². The largest absolute Gasteiger partial charge is 0.469 e. The topological polar surface area (TPSA) is 69.8 Å².